The molecule has 0 saturated carbocycles. The number of fused-ring (bicyclic) bond motifs is 1. The van der Waals surface area contributed by atoms with Crippen molar-refractivity contribution in [3.8, 4) is 0 Å². The normalized spacial score (nSPS) is 24.6. The fraction of sp³-hybridized carbons (Fsp3) is 0.417. The van der Waals surface area contributed by atoms with Crippen LogP contribution in [-0.4, -0.2) is 22.8 Å². The van der Waals surface area contributed by atoms with Gasteiger partial charge in [-0.2, -0.15) is 0 Å². The van der Waals surface area contributed by atoms with Crippen LogP contribution in [0.25, 0.3) is 11.0 Å². The number of rotatable bonds is 1. The number of halogens is 1. The minimum absolute atomic E-state index is 0.0694. The Hall–Kier alpha value is -0.840. The van der Waals surface area contributed by atoms with Gasteiger partial charge >= 0.3 is 0 Å². The van der Waals surface area contributed by atoms with Gasteiger partial charge in [0.05, 0.1) is 23.2 Å². The first-order valence-corrected chi connectivity index (χ1v) is 6.37. The Bertz CT molecular complexity index is 625. The molecule has 0 spiro atoms. The van der Waals surface area contributed by atoms with Gasteiger partial charge in [-0.25, -0.2) is 0 Å². The first kappa shape index (κ1) is 11.3. The van der Waals surface area contributed by atoms with Crippen LogP contribution in [0.5, 0.6) is 0 Å². The molecule has 0 aliphatic carbocycles. The number of benzene rings is 1. The summed E-state index contributed by atoms with van der Waals surface area (Å²) in [4.78, 5) is 3.22. The highest BCUT2D eigenvalue weighted by molar-refractivity contribution is 7.71. The molecule has 0 amide bonds. The predicted molar refractivity (Wildman–Crippen MR) is 71.2 cm³/mol. The van der Waals surface area contributed by atoms with Crippen LogP contribution in [0.3, 0.4) is 0 Å². The van der Waals surface area contributed by atoms with Crippen LogP contribution in [0.2, 0.25) is 5.02 Å². The van der Waals surface area contributed by atoms with Gasteiger partial charge in [-0.15, -0.1) is 0 Å². The van der Waals surface area contributed by atoms with Gasteiger partial charge in [0, 0.05) is 11.6 Å². The molecule has 1 aromatic heterocycles. The molecule has 1 aliphatic heterocycles. The highest BCUT2D eigenvalue weighted by Crippen LogP contribution is 2.32. The summed E-state index contributed by atoms with van der Waals surface area (Å²) in [7, 11) is 0. The number of ether oxygens (including phenoxy) is 1. The van der Waals surface area contributed by atoms with Crippen LogP contribution >= 0.6 is 23.8 Å². The van der Waals surface area contributed by atoms with E-state index in [4.69, 9.17) is 28.6 Å². The van der Waals surface area contributed by atoms with E-state index in [0.29, 0.717) is 6.61 Å². The Morgan fingerprint density at radius 2 is 2.35 bits per heavy atom. The Kier molecular flexibility index (Phi) is 2.54. The second kappa shape index (κ2) is 3.83. The number of imidazole rings is 1. The lowest BCUT2D eigenvalue weighted by molar-refractivity contribution is 0.162. The molecule has 1 saturated heterocycles. The predicted octanol–water partition coefficient (Wildman–Crippen LogP) is 3.49. The molecule has 1 atom stereocenters. The Labute approximate surface area is 109 Å². The zero-order valence-electron chi connectivity index (χ0n) is 9.50. The third-order valence-electron chi connectivity index (χ3n) is 3.38. The van der Waals surface area contributed by atoms with Crippen LogP contribution in [-0.2, 0) is 10.3 Å². The van der Waals surface area contributed by atoms with Crippen molar-refractivity contribution in [3.05, 3.63) is 28.0 Å². The van der Waals surface area contributed by atoms with Crippen LogP contribution in [0, 0.1) is 4.77 Å². The van der Waals surface area contributed by atoms with Gasteiger partial charge in [0.2, 0.25) is 0 Å². The molecule has 1 aromatic carbocycles. The van der Waals surface area contributed by atoms with Gasteiger partial charge < -0.3 is 14.3 Å². The molecule has 3 nitrogen and oxygen atoms in total. The van der Waals surface area contributed by atoms with Crippen LogP contribution < -0.4 is 0 Å². The summed E-state index contributed by atoms with van der Waals surface area (Å²) in [5.41, 5.74) is 2.00. The zero-order valence-corrected chi connectivity index (χ0v) is 11.1. The average Bonchev–Trinajstić information content (AvgIpc) is 2.82. The van der Waals surface area contributed by atoms with Crippen molar-refractivity contribution in [2.75, 3.05) is 13.2 Å². The summed E-state index contributed by atoms with van der Waals surface area (Å²) >= 11 is 11.5. The lowest BCUT2D eigenvalue weighted by Gasteiger charge is -2.24. The lowest BCUT2D eigenvalue weighted by Crippen LogP contribution is -2.30. The monoisotopic (exact) mass is 268 g/mol. The first-order chi connectivity index (χ1) is 8.10. The van der Waals surface area contributed by atoms with Crippen molar-refractivity contribution in [2.45, 2.75) is 18.9 Å². The fourth-order valence-corrected chi connectivity index (χ4v) is 3.04. The van der Waals surface area contributed by atoms with E-state index in [1.54, 1.807) is 0 Å². The molecule has 2 aromatic rings. The van der Waals surface area contributed by atoms with Crippen LogP contribution in [0.1, 0.15) is 13.3 Å². The van der Waals surface area contributed by atoms with E-state index in [9.17, 15) is 0 Å². The molecule has 1 unspecified atom stereocenters. The average molecular weight is 269 g/mol. The van der Waals surface area contributed by atoms with E-state index < -0.39 is 0 Å². The number of aromatic nitrogens is 2. The lowest BCUT2D eigenvalue weighted by atomic mass is 10.0. The molecule has 17 heavy (non-hydrogen) atoms. The van der Waals surface area contributed by atoms with Crippen LogP contribution in [0.4, 0.5) is 0 Å². The fourth-order valence-electron chi connectivity index (χ4n) is 2.44. The van der Waals surface area contributed by atoms with Crippen molar-refractivity contribution in [2.24, 2.45) is 0 Å². The summed E-state index contributed by atoms with van der Waals surface area (Å²) in [5, 5.41) is 0.725. The maximum Gasteiger partial charge on any atom is 0.178 e. The quantitative estimate of drug-likeness (QED) is 0.803. The Balaban J connectivity index is 2.31. The SMILES string of the molecule is CC1(n2c(=S)[nH]c3ccc(Cl)cc32)CCOC1. The van der Waals surface area contributed by atoms with Gasteiger partial charge in [-0.1, -0.05) is 11.6 Å². The maximum atomic E-state index is 6.06. The molecule has 1 fully saturated rings. The molecular formula is C12H13ClN2OS. The highest BCUT2D eigenvalue weighted by Gasteiger charge is 2.33. The molecule has 0 radical (unpaired) electrons. The van der Waals surface area contributed by atoms with E-state index >= 15 is 0 Å². The van der Waals surface area contributed by atoms with E-state index in [1.165, 1.54) is 0 Å². The highest BCUT2D eigenvalue weighted by atomic mass is 35.5. The molecule has 0 bridgehead atoms. The first-order valence-electron chi connectivity index (χ1n) is 5.59. The minimum atomic E-state index is -0.0694. The third kappa shape index (κ3) is 1.71. The van der Waals surface area contributed by atoms with Gasteiger partial charge in [-0.3, -0.25) is 0 Å². The third-order valence-corrected chi connectivity index (χ3v) is 3.90. The van der Waals surface area contributed by atoms with Crippen molar-refractivity contribution >= 4 is 34.9 Å². The van der Waals surface area contributed by atoms with Gasteiger partial charge in [0.25, 0.3) is 0 Å². The Morgan fingerprint density at radius 1 is 1.53 bits per heavy atom. The van der Waals surface area contributed by atoms with Crippen molar-refractivity contribution in [1.82, 2.24) is 9.55 Å². The van der Waals surface area contributed by atoms with E-state index in [-0.39, 0.29) is 5.54 Å². The van der Waals surface area contributed by atoms with Crippen molar-refractivity contribution < 1.29 is 4.74 Å². The molecular weight excluding hydrogens is 256 g/mol. The maximum absolute atomic E-state index is 6.06. The second-order valence-corrected chi connectivity index (χ2v) is 5.55. The number of nitrogens with one attached hydrogen (secondary N) is 1. The smallest absolute Gasteiger partial charge is 0.178 e. The second-order valence-electron chi connectivity index (χ2n) is 4.73. The molecule has 1 N–H and O–H groups in total. The van der Waals surface area contributed by atoms with E-state index in [2.05, 4.69) is 16.5 Å². The van der Waals surface area contributed by atoms with Crippen LogP contribution in [0.15, 0.2) is 18.2 Å². The van der Waals surface area contributed by atoms with E-state index in [0.717, 1.165) is 33.9 Å². The van der Waals surface area contributed by atoms with Gasteiger partial charge in [-0.05, 0) is 43.8 Å². The summed E-state index contributed by atoms with van der Waals surface area (Å²) < 4.78 is 8.37. The topological polar surface area (TPSA) is 29.9 Å². The van der Waals surface area contributed by atoms with Gasteiger partial charge in [0.1, 0.15) is 0 Å². The van der Waals surface area contributed by atoms with E-state index in [1.807, 2.05) is 18.2 Å². The standard InChI is InChI=1S/C12H13ClN2OS/c1-12(4-5-16-7-12)15-10-6-8(13)2-3-9(10)14-11(15)17/h2-3,6H,4-5,7H2,1H3,(H,14,17). The minimum Gasteiger partial charge on any atom is -0.379 e. The Morgan fingerprint density at radius 3 is 3.06 bits per heavy atom. The van der Waals surface area contributed by atoms with Crippen molar-refractivity contribution in [1.29, 1.82) is 0 Å². The number of nitrogens with zero attached hydrogens (tertiary/aromatic N) is 1. The van der Waals surface area contributed by atoms with Crippen molar-refractivity contribution in [3.63, 3.8) is 0 Å². The summed E-state index contributed by atoms with van der Waals surface area (Å²) in [6, 6.07) is 5.78. The summed E-state index contributed by atoms with van der Waals surface area (Å²) in [6.45, 7) is 3.65. The molecule has 90 valence electrons. The molecule has 5 heteroatoms. The largest absolute Gasteiger partial charge is 0.379 e. The summed E-state index contributed by atoms with van der Waals surface area (Å²) in [6.07, 6.45) is 0.973. The van der Waals surface area contributed by atoms with Gasteiger partial charge in [0.15, 0.2) is 4.77 Å². The zero-order chi connectivity index (χ0) is 12.0. The summed E-state index contributed by atoms with van der Waals surface area (Å²) in [5.74, 6) is 0. The number of aromatic amines is 1. The number of hydrogen-bond acceptors (Lipinski definition) is 2. The molecule has 3 rings (SSSR count). The number of hydrogen-bond donors (Lipinski definition) is 1. The molecule has 2 heterocycles. The number of H-pyrrole nitrogens is 1. The molecule has 1 aliphatic rings.